The molecule has 1 aromatic heterocycles. The molecule has 0 unspecified atom stereocenters. The number of rotatable bonds is 0. The summed E-state index contributed by atoms with van der Waals surface area (Å²) < 4.78 is 0. The highest BCUT2D eigenvalue weighted by Crippen LogP contribution is 2.07. The van der Waals surface area contributed by atoms with E-state index in [4.69, 9.17) is 0 Å². The summed E-state index contributed by atoms with van der Waals surface area (Å²) in [5.74, 6) is 0. The van der Waals surface area contributed by atoms with Gasteiger partial charge < -0.3 is 4.98 Å². The van der Waals surface area contributed by atoms with Gasteiger partial charge >= 0.3 is 0 Å². The number of hydrogen-bond donors (Lipinski definition) is 2. The molecule has 7 heavy (non-hydrogen) atoms. The van der Waals surface area contributed by atoms with Crippen molar-refractivity contribution in [2.75, 3.05) is 0 Å². The van der Waals surface area contributed by atoms with E-state index >= 15 is 0 Å². The Hall–Kier alpha value is -0.370. The number of thiol groups is 1. The highest BCUT2D eigenvalue weighted by atomic mass is 32.1. The number of aromatic nitrogens is 1. The minimum Gasteiger partial charge on any atom is -0.364 e. The second kappa shape index (κ2) is 1.62. The Labute approximate surface area is 48.2 Å². The van der Waals surface area contributed by atoms with Gasteiger partial charge in [-0.3, -0.25) is 0 Å². The highest BCUT2D eigenvalue weighted by molar-refractivity contribution is 7.80. The van der Waals surface area contributed by atoms with Gasteiger partial charge in [0.15, 0.2) is 0 Å². The molecule has 38 valence electrons. The molecule has 0 saturated carbocycles. The van der Waals surface area contributed by atoms with Gasteiger partial charge in [-0.25, -0.2) is 0 Å². The fourth-order valence-corrected chi connectivity index (χ4v) is 0.584. The first-order valence-electron chi connectivity index (χ1n) is 2.13. The van der Waals surface area contributed by atoms with Crippen molar-refractivity contribution in [1.82, 2.24) is 4.98 Å². The summed E-state index contributed by atoms with van der Waals surface area (Å²) in [6.07, 6.45) is 1.87. The topological polar surface area (TPSA) is 15.8 Å². The summed E-state index contributed by atoms with van der Waals surface area (Å²) >= 11 is 4.12. The highest BCUT2D eigenvalue weighted by Gasteiger charge is 1.86. The van der Waals surface area contributed by atoms with Gasteiger partial charge in [-0.1, -0.05) is 0 Å². The molecule has 0 saturated heterocycles. The SMILES string of the molecule is Cc1[nH]ccc1S. The largest absolute Gasteiger partial charge is 0.364 e. The molecule has 0 fully saturated rings. The molecule has 0 atom stereocenters. The molecule has 0 aromatic carbocycles. The van der Waals surface area contributed by atoms with Crippen LogP contribution in [0.3, 0.4) is 0 Å². The third kappa shape index (κ3) is 0.800. The molecule has 0 amide bonds. The van der Waals surface area contributed by atoms with Crippen LogP contribution in [0.2, 0.25) is 0 Å². The van der Waals surface area contributed by atoms with Crippen LogP contribution in [0.1, 0.15) is 5.69 Å². The lowest BCUT2D eigenvalue weighted by atomic mass is 10.5. The van der Waals surface area contributed by atoms with E-state index in [1.54, 1.807) is 0 Å². The molecule has 1 rings (SSSR count). The van der Waals surface area contributed by atoms with Crippen LogP contribution >= 0.6 is 12.6 Å². The minimum absolute atomic E-state index is 1.03. The van der Waals surface area contributed by atoms with E-state index in [0.717, 1.165) is 10.6 Å². The Kier molecular flexibility index (Phi) is 1.11. The molecule has 1 aromatic rings. The van der Waals surface area contributed by atoms with E-state index in [0.29, 0.717) is 0 Å². The fourth-order valence-electron chi connectivity index (χ4n) is 0.445. The zero-order chi connectivity index (χ0) is 5.28. The van der Waals surface area contributed by atoms with Gasteiger partial charge in [-0.15, -0.1) is 12.6 Å². The Morgan fingerprint density at radius 1 is 1.71 bits per heavy atom. The molecule has 1 nitrogen and oxygen atoms in total. The summed E-state index contributed by atoms with van der Waals surface area (Å²) in [6.45, 7) is 1.99. The van der Waals surface area contributed by atoms with Crippen LogP contribution in [0.5, 0.6) is 0 Å². The Morgan fingerprint density at radius 3 is 2.57 bits per heavy atom. The van der Waals surface area contributed by atoms with E-state index in [9.17, 15) is 0 Å². The average molecular weight is 113 g/mol. The maximum Gasteiger partial charge on any atom is 0.0251 e. The molecule has 1 heterocycles. The van der Waals surface area contributed by atoms with Crippen LogP contribution in [0.15, 0.2) is 17.2 Å². The molecular formula is C5H7NS. The quantitative estimate of drug-likeness (QED) is 0.475. The summed E-state index contributed by atoms with van der Waals surface area (Å²) in [7, 11) is 0. The standard InChI is InChI=1S/C5H7NS/c1-4-5(7)2-3-6-4/h2-3,6-7H,1H3. The summed E-state index contributed by atoms with van der Waals surface area (Å²) in [5, 5.41) is 0. The van der Waals surface area contributed by atoms with E-state index in [2.05, 4.69) is 17.6 Å². The van der Waals surface area contributed by atoms with Crippen LogP contribution in [0, 0.1) is 6.92 Å². The average Bonchev–Trinajstić information content (AvgIpc) is 1.91. The molecule has 2 heteroatoms. The molecular weight excluding hydrogens is 106 g/mol. The van der Waals surface area contributed by atoms with Crippen molar-refractivity contribution in [3.63, 3.8) is 0 Å². The van der Waals surface area contributed by atoms with Gasteiger partial charge in [0.05, 0.1) is 0 Å². The Bertz CT molecular complexity index is 140. The monoisotopic (exact) mass is 113 g/mol. The smallest absolute Gasteiger partial charge is 0.0251 e. The maximum absolute atomic E-state index is 4.12. The predicted molar refractivity (Wildman–Crippen MR) is 32.8 cm³/mol. The number of aryl methyl sites for hydroxylation is 1. The number of H-pyrrole nitrogens is 1. The van der Waals surface area contributed by atoms with Crippen molar-refractivity contribution < 1.29 is 0 Å². The first-order valence-corrected chi connectivity index (χ1v) is 2.58. The van der Waals surface area contributed by atoms with Crippen LogP contribution in [-0.2, 0) is 0 Å². The van der Waals surface area contributed by atoms with Gasteiger partial charge in [-0.2, -0.15) is 0 Å². The minimum atomic E-state index is 1.03. The molecule has 0 aliphatic rings. The zero-order valence-corrected chi connectivity index (χ0v) is 5.00. The van der Waals surface area contributed by atoms with Crippen molar-refractivity contribution >= 4 is 12.6 Å². The molecule has 0 aliphatic heterocycles. The number of nitrogens with one attached hydrogen (secondary N) is 1. The first-order chi connectivity index (χ1) is 3.30. The molecule has 0 bridgehead atoms. The van der Waals surface area contributed by atoms with Gasteiger partial charge in [-0.05, 0) is 13.0 Å². The third-order valence-electron chi connectivity index (χ3n) is 0.925. The van der Waals surface area contributed by atoms with Crippen LogP contribution in [0.25, 0.3) is 0 Å². The van der Waals surface area contributed by atoms with Gasteiger partial charge in [0.25, 0.3) is 0 Å². The van der Waals surface area contributed by atoms with E-state index in [1.807, 2.05) is 19.2 Å². The normalized spacial score (nSPS) is 9.43. The third-order valence-corrected chi connectivity index (χ3v) is 1.41. The van der Waals surface area contributed by atoms with Crippen molar-refractivity contribution in [1.29, 1.82) is 0 Å². The van der Waals surface area contributed by atoms with Crippen LogP contribution in [0.4, 0.5) is 0 Å². The number of aromatic amines is 1. The zero-order valence-electron chi connectivity index (χ0n) is 4.10. The Balaban J connectivity index is 3.12. The predicted octanol–water partition coefficient (Wildman–Crippen LogP) is 1.61. The van der Waals surface area contributed by atoms with E-state index < -0.39 is 0 Å². The van der Waals surface area contributed by atoms with Gasteiger partial charge in [0, 0.05) is 16.8 Å². The molecule has 1 N–H and O–H groups in total. The molecule has 0 spiro atoms. The molecule has 0 radical (unpaired) electrons. The van der Waals surface area contributed by atoms with Gasteiger partial charge in [0.1, 0.15) is 0 Å². The molecule has 0 aliphatic carbocycles. The number of hydrogen-bond acceptors (Lipinski definition) is 1. The Morgan fingerprint density at radius 2 is 2.43 bits per heavy atom. The van der Waals surface area contributed by atoms with Crippen LogP contribution in [-0.4, -0.2) is 4.98 Å². The maximum atomic E-state index is 4.12. The van der Waals surface area contributed by atoms with Crippen LogP contribution < -0.4 is 0 Å². The lowest BCUT2D eigenvalue weighted by Crippen LogP contribution is -1.65. The first kappa shape index (κ1) is 4.78. The second-order valence-corrected chi connectivity index (χ2v) is 1.97. The van der Waals surface area contributed by atoms with Crippen molar-refractivity contribution in [3.05, 3.63) is 18.0 Å². The summed E-state index contributed by atoms with van der Waals surface area (Å²) in [4.78, 5) is 4.02. The lowest BCUT2D eigenvalue weighted by Gasteiger charge is -1.80. The van der Waals surface area contributed by atoms with Crippen molar-refractivity contribution in [2.45, 2.75) is 11.8 Å². The second-order valence-electron chi connectivity index (χ2n) is 1.49. The fraction of sp³-hybridized carbons (Fsp3) is 0.200. The summed E-state index contributed by atoms with van der Waals surface area (Å²) in [5.41, 5.74) is 1.13. The van der Waals surface area contributed by atoms with Crippen molar-refractivity contribution in [3.8, 4) is 0 Å². The van der Waals surface area contributed by atoms with E-state index in [-0.39, 0.29) is 0 Å². The van der Waals surface area contributed by atoms with Gasteiger partial charge in [0.2, 0.25) is 0 Å². The lowest BCUT2D eigenvalue weighted by molar-refractivity contribution is 1.21. The van der Waals surface area contributed by atoms with E-state index in [1.165, 1.54) is 0 Å². The summed E-state index contributed by atoms with van der Waals surface area (Å²) in [6, 6.07) is 1.93. The van der Waals surface area contributed by atoms with Crippen molar-refractivity contribution in [2.24, 2.45) is 0 Å².